The summed E-state index contributed by atoms with van der Waals surface area (Å²) in [7, 11) is 1.68. The van der Waals surface area contributed by atoms with Crippen molar-refractivity contribution in [2.45, 2.75) is 6.92 Å². The number of piperazine rings is 1. The Morgan fingerprint density at radius 1 is 1.25 bits per heavy atom. The highest BCUT2D eigenvalue weighted by molar-refractivity contribution is 14.0. The Morgan fingerprint density at radius 3 is 2.46 bits per heavy atom. The molecule has 0 atom stereocenters. The third kappa shape index (κ3) is 5.95. The molecule has 0 radical (unpaired) electrons. The SMILES string of the molecule is CN=C(NCC(=O)Nc1cccnc1)N1CCN(C(C)=O)CC1.I. The average Bonchev–Trinajstić information content (AvgIpc) is 2.56. The van der Waals surface area contributed by atoms with Gasteiger partial charge < -0.3 is 20.4 Å². The molecule has 1 aliphatic rings. The molecule has 8 nitrogen and oxygen atoms in total. The molecule has 0 aromatic carbocycles. The lowest BCUT2D eigenvalue weighted by Gasteiger charge is -2.36. The van der Waals surface area contributed by atoms with Crippen LogP contribution in [0.5, 0.6) is 0 Å². The van der Waals surface area contributed by atoms with E-state index in [0.717, 1.165) is 0 Å². The van der Waals surface area contributed by atoms with Crippen LogP contribution in [0.15, 0.2) is 29.5 Å². The molecule has 0 bridgehead atoms. The highest BCUT2D eigenvalue weighted by Crippen LogP contribution is 2.03. The van der Waals surface area contributed by atoms with Crippen LogP contribution in [0.3, 0.4) is 0 Å². The van der Waals surface area contributed by atoms with E-state index in [0.29, 0.717) is 37.8 Å². The maximum Gasteiger partial charge on any atom is 0.243 e. The lowest BCUT2D eigenvalue weighted by molar-refractivity contribution is -0.130. The molecule has 9 heteroatoms. The summed E-state index contributed by atoms with van der Waals surface area (Å²) in [4.78, 5) is 35.3. The van der Waals surface area contributed by atoms with Gasteiger partial charge in [0, 0.05) is 46.3 Å². The Balaban J connectivity index is 0.00000288. The van der Waals surface area contributed by atoms with Crippen molar-refractivity contribution in [3.63, 3.8) is 0 Å². The number of hydrogen-bond acceptors (Lipinski definition) is 4. The largest absolute Gasteiger partial charge is 0.347 e. The zero-order valence-electron chi connectivity index (χ0n) is 13.9. The van der Waals surface area contributed by atoms with Gasteiger partial charge in [-0.05, 0) is 12.1 Å². The fourth-order valence-electron chi connectivity index (χ4n) is 2.37. The molecule has 132 valence electrons. The fourth-order valence-corrected chi connectivity index (χ4v) is 2.37. The second-order valence-corrected chi connectivity index (χ2v) is 5.18. The van der Waals surface area contributed by atoms with E-state index in [1.54, 1.807) is 43.4 Å². The maximum absolute atomic E-state index is 11.9. The van der Waals surface area contributed by atoms with E-state index in [2.05, 4.69) is 20.6 Å². The number of amides is 2. The zero-order chi connectivity index (χ0) is 16.7. The summed E-state index contributed by atoms with van der Waals surface area (Å²) in [6, 6.07) is 3.54. The summed E-state index contributed by atoms with van der Waals surface area (Å²) in [6.45, 7) is 4.42. The van der Waals surface area contributed by atoms with Gasteiger partial charge in [-0.25, -0.2) is 0 Å². The van der Waals surface area contributed by atoms with Crippen LogP contribution in [0.25, 0.3) is 0 Å². The summed E-state index contributed by atoms with van der Waals surface area (Å²) in [5, 5.41) is 5.80. The molecule has 0 saturated carbocycles. The van der Waals surface area contributed by atoms with Crippen LogP contribution >= 0.6 is 24.0 Å². The number of anilines is 1. The van der Waals surface area contributed by atoms with Crippen molar-refractivity contribution in [3.8, 4) is 0 Å². The summed E-state index contributed by atoms with van der Waals surface area (Å²) >= 11 is 0. The minimum Gasteiger partial charge on any atom is -0.347 e. The van der Waals surface area contributed by atoms with E-state index < -0.39 is 0 Å². The van der Waals surface area contributed by atoms with E-state index in [4.69, 9.17) is 0 Å². The second kappa shape index (κ2) is 10.1. The quantitative estimate of drug-likeness (QED) is 0.398. The van der Waals surface area contributed by atoms with Crippen LogP contribution in [-0.4, -0.2) is 72.3 Å². The van der Waals surface area contributed by atoms with Gasteiger partial charge in [-0.1, -0.05) is 0 Å². The highest BCUT2D eigenvalue weighted by atomic mass is 127. The Bertz CT molecular complexity index is 573. The number of nitrogens with zero attached hydrogens (tertiary/aromatic N) is 4. The Hall–Kier alpha value is -1.91. The number of pyridine rings is 1. The molecule has 0 spiro atoms. The third-order valence-corrected chi connectivity index (χ3v) is 3.59. The molecule has 1 aromatic heterocycles. The van der Waals surface area contributed by atoms with Gasteiger partial charge in [-0.2, -0.15) is 0 Å². The van der Waals surface area contributed by atoms with Crippen molar-refractivity contribution >= 4 is 47.4 Å². The smallest absolute Gasteiger partial charge is 0.243 e. The molecule has 0 aliphatic carbocycles. The first-order chi connectivity index (χ1) is 11.1. The first kappa shape index (κ1) is 20.1. The molecule has 1 aliphatic heterocycles. The van der Waals surface area contributed by atoms with E-state index >= 15 is 0 Å². The minimum absolute atomic E-state index is 0. The van der Waals surface area contributed by atoms with Crippen molar-refractivity contribution < 1.29 is 9.59 Å². The number of rotatable bonds is 3. The van der Waals surface area contributed by atoms with Crippen LogP contribution in [0.1, 0.15) is 6.92 Å². The van der Waals surface area contributed by atoms with Crippen LogP contribution in [0.2, 0.25) is 0 Å². The van der Waals surface area contributed by atoms with Gasteiger partial charge in [0.05, 0.1) is 18.4 Å². The summed E-state index contributed by atoms with van der Waals surface area (Å²) < 4.78 is 0. The number of aromatic nitrogens is 1. The number of nitrogens with one attached hydrogen (secondary N) is 2. The van der Waals surface area contributed by atoms with Crippen molar-refractivity contribution in [3.05, 3.63) is 24.5 Å². The van der Waals surface area contributed by atoms with Gasteiger partial charge in [0.1, 0.15) is 0 Å². The van der Waals surface area contributed by atoms with Crippen molar-refractivity contribution in [1.29, 1.82) is 0 Å². The van der Waals surface area contributed by atoms with Gasteiger partial charge in [0.25, 0.3) is 0 Å². The van der Waals surface area contributed by atoms with E-state index in [-0.39, 0.29) is 42.3 Å². The number of guanidine groups is 1. The summed E-state index contributed by atoms with van der Waals surface area (Å²) in [5.74, 6) is 0.583. The fraction of sp³-hybridized carbons (Fsp3) is 0.467. The van der Waals surface area contributed by atoms with Crippen molar-refractivity contribution in [1.82, 2.24) is 20.1 Å². The standard InChI is InChI=1S/C15H22N6O2.HI/c1-12(22)20-6-8-21(9-7-20)15(16-2)18-11-14(23)19-13-4-3-5-17-10-13;/h3-5,10H,6-9,11H2,1-2H3,(H,16,18)(H,19,23);1H. The highest BCUT2D eigenvalue weighted by Gasteiger charge is 2.21. The van der Waals surface area contributed by atoms with E-state index in [1.165, 1.54) is 0 Å². The summed E-state index contributed by atoms with van der Waals surface area (Å²) in [5.41, 5.74) is 0.657. The Morgan fingerprint density at radius 2 is 1.92 bits per heavy atom. The van der Waals surface area contributed by atoms with E-state index in [9.17, 15) is 9.59 Å². The topological polar surface area (TPSA) is 89.9 Å². The molecule has 0 unspecified atom stereocenters. The predicted octanol–water partition coefficient (Wildman–Crippen LogP) is 0.378. The van der Waals surface area contributed by atoms with Crippen LogP contribution in [0, 0.1) is 0 Å². The molecule has 2 heterocycles. The average molecular weight is 446 g/mol. The van der Waals surface area contributed by atoms with Crippen LogP contribution in [-0.2, 0) is 9.59 Å². The first-order valence-corrected chi connectivity index (χ1v) is 7.51. The van der Waals surface area contributed by atoms with Crippen LogP contribution < -0.4 is 10.6 Å². The molecule has 2 N–H and O–H groups in total. The van der Waals surface area contributed by atoms with Crippen molar-refractivity contribution in [2.75, 3.05) is 45.1 Å². The second-order valence-electron chi connectivity index (χ2n) is 5.18. The monoisotopic (exact) mass is 446 g/mol. The molecule has 24 heavy (non-hydrogen) atoms. The molecular formula is C15H23IN6O2. The number of aliphatic imine (C=N–C) groups is 1. The van der Waals surface area contributed by atoms with Crippen molar-refractivity contribution in [2.24, 2.45) is 4.99 Å². The van der Waals surface area contributed by atoms with Gasteiger partial charge in [0.2, 0.25) is 11.8 Å². The van der Waals surface area contributed by atoms with Gasteiger partial charge >= 0.3 is 0 Å². The predicted molar refractivity (Wildman–Crippen MR) is 103 cm³/mol. The minimum atomic E-state index is -0.165. The maximum atomic E-state index is 11.9. The number of carbonyl (C=O) groups excluding carboxylic acids is 2. The molecule has 1 aromatic rings. The van der Waals surface area contributed by atoms with E-state index in [1.807, 2.05) is 4.90 Å². The first-order valence-electron chi connectivity index (χ1n) is 7.51. The normalized spacial score (nSPS) is 14.7. The van der Waals surface area contributed by atoms with Gasteiger partial charge in [-0.15, -0.1) is 24.0 Å². The lowest BCUT2D eigenvalue weighted by atomic mass is 10.3. The molecule has 2 rings (SSSR count). The van der Waals surface area contributed by atoms with Gasteiger partial charge in [0.15, 0.2) is 5.96 Å². The zero-order valence-corrected chi connectivity index (χ0v) is 16.2. The van der Waals surface area contributed by atoms with Gasteiger partial charge in [-0.3, -0.25) is 19.6 Å². The number of carbonyl (C=O) groups is 2. The Labute approximate surface area is 158 Å². The third-order valence-electron chi connectivity index (χ3n) is 3.59. The number of halogens is 1. The molecule has 2 amide bonds. The van der Waals surface area contributed by atoms with Crippen LogP contribution in [0.4, 0.5) is 5.69 Å². The number of hydrogen-bond donors (Lipinski definition) is 2. The molecular weight excluding hydrogens is 423 g/mol. The molecule has 1 fully saturated rings. The Kier molecular flexibility index (Phi) is 8.44. The summed E-state index contributed by atoms with van der Waals surface area (Å²) in [6.07, 6.45) is 3.24. The molecule has 1 saturated heterocycles. The lowest BCUT2D eigenvalue weighted by Crippen LogP contribution is -2.54.